The van der Waals surface area contributed by atoms with Crippen LogP contribution in [0.15, 0.2) is 18.2 Å². The Morgan fingerprint density at radius 3 is 2.90 bits per heavy atom. The zero-order chi connectivity index (χ0) is 15.2. The number of anilines is 1. The Morgan fingerprint density at radius 2 is 2.24 bits per heavy atom. The summed E-state index contributed by atoms with van der Waals surface area (Å²) in [5, 5.41) is 14.6. The van der Waals surface area contributed by atoms with E-state index in [1.54, 1.807) is 0 Å². The molecule has 7 heteroatoms. The molecule has 1 heterocycles. The molecule has 0 spiro atoms. The summed E-state index contributed by atoms with van der Waals surface area (Å²) in [4.78, 5) is 22.9. The third kappa shape index (κ3) is 4.61. The van der Waals surface area contributed by atoms with Crippen molar-refractivity contribution >= 4 is 29.3 Å². The zero-order valence-corrected chi connectivity index (χ0v) is 12.2. The Labute approximate surface area is 127 Å². The van der Waals surface area contributed by atoms with Crippen molar-refractivity contribution in [1.29, 1.82) is 0 Å². The molecule has 1 aliphatic rings. The van der Waals surface area contributed by atoms with Crippen molar-refractivity contribution in [1.82, 2.24) is 5.32 Å². The number of benzene rings is 1. The van der Waals surface area contributed by atoms with E-state index in [1.165, 1.54) is 18.2 Å². The minimum absolute atomic E-state index is 0.0429. The maximum atomic E-state index is 11.8. The van der Waals surface area contributed by atoms with E-state index in [1.807, 2.05) is 0 Å². The van der Waals surface area contributed by atoms with Crippen LogP contribution in [-0.2, 0) is 4.74 Å². The lowest BCUT2D eigenvalue weighted by Crippen LogP contribution is -2.36. The fourth-order valence-corrected chi connectivity index (χ4v) is 2.35. The number of hydrogen-bond donors (Lipinski definition) is 3. The van der Waals surface area contributed by atoms with Gasteiger partial charge in [-0.2, -0.15) is 0 Å². The summed E-state index contributed by atoms with van der Waals surface area (Å²) in [6, 6.07) is 3.85. The first kappa shape index (κ1) is 15.6. The second kappa shape index (κ2) is 7.28. The van der Waals surface area contributed by atoms with Gasteiger partial charge in [0.1, 0.15) is 0 Å². The summed E-state index contributed by atoms with van der Waals surface area (Å²) in [5.41, 5.74) is 0.169. The van der Waals surface area contributed by atoms with Crippen LogP contribution >= 0.6 is 11.6 Å². The molecule has 6 nitrogen and oxygen atoms in total. The monoisotopic (exact) mass is 312 g/mol. The van der Waals surface area contributed by atoms with Gasteiger partial charge in [0, 0.05) is 18.2 Å². The van der Waals surface area contributed by atoms with E-state index in [-0.39, 0.29) is 11.3 Å². The van der Waals surface area contributed by atoms with Gasteiger partial charge in [-0.3, -0.25) is 0 Å². The van der Waals surface area contributed by atoms with Crippen LogP contribution in [0.1, 0.15) is 23.2 Å². The Morgan fingerprint density at radius 1 is 1.43 bits per heavy atom. The van der Waals surface area contributed by atoms with Crippen molar-refractivity contribution in [2.45, 2.75) is 12.8 Å². The van der Waals surface area contributed by atoms with E-state index in [0.29, 0.717) is 24.1 Å². The first-order chi connectivity index (χ1) is 10.1. The van der Waals surface area contributed by atoms with E-state index >= 15 is 0 Å². The van der Waals surface area contributed by atoms with Gasteiger partial charge in [0.15, 0.2) is 0 Å². The molecule has 1 aliphatic heterocycles. The van der Waals surface area contributed by atoms with Gasteiger partial charge in [0.25, 0.3) is 0 Å². The summed E-state index contributed by atoms with van der Waals surface area (Å²) >= 11 is 5.75. The van der Waals surface area contributed by atoms with E-state index in [2.05, 4.69) is 10.6 Å². The second-order valence-corrected chi connectivity index (χ2v) is 5.35. The summed E-state index contributed by atoms with van der Waals surface area (Å²) < 4.78 is 5.33. The number of halogens is 1. The van der Waals surface area contributed by atoms with Crippen molar-refractivity contribution in [3.05, 3.63) is 28.8 Å². The Hall–Kier alpha value is -1.79. The number of ether oxygens (including phenoxy) is 1. The summed E-state index contributed by atoms with van der Waals surface area (Å²) in [7, 11) is 0. The maximum Gasteiger partial charge on any atom is 0.337 e. The van der Waals surface area contributed by atoms with Crippen molar-refractivity contribution < 1.29 is 19.4 Å². The van der Waals surface area contributed by atoms with Gasteiger partial charge >= 0.3 is 12.0 Å². The number of hydrogen-bond acceptors (Lipinski definition) is 3. The molecule has 21 heavy (non-hydrogen) atoms. The number of carboxylic acids is 1. The minimum atomic E-state index is -1.14. The molecule has 2 amide bonds. The second-order valence-electron chi connectivity index (χ2n) is 4.91. The zero-order valence-electron chi connectivity index (χ0n) is 11.4. The van der Waals surface area contributed by atoms with E-state index < -0.39 is 12.0 Å². The molecule has 1 atom stereocenters. The molecule has 114 valence electrons. The van der Waals surface area contributed by atoms with Gasteiger partial charge < -0.3 is 20.5 Å². The average molecular weight is 313 g/mol. The molecule has 0 aromatic heterocycles. The van der Waals surface area contributed by atoms with Crippen molar-refractivity contribution in [3.8, 4) is 0 Å². The molecule has 1 aromatic rings. The predicted molar refractivity (Wildman–Crippen MR) is 79.0 cm³/mol. The molecule has 1 saturated heterocycles. The lowest BCUT2D eigenvalue weighted by molar-refractivity contribution is 0.0559. The van der Waals surface area contributed by atoms with Gasteiger partial charge in [0.2, 0.25) is 0 Å². The highest BCUT2D eigenvalue weighted by Gasteiger charge is 2.16. The maximum absolute atomic E-state index is 11.8. The predicted octanol–water partition coefficient (Wildman–Crippen LogP) is 2.59. The van der Waals surface area contributed by atoms with Crippen LogP contribution in [0.2, 0.25) is 5.02 Å². The highest BCUT2D eigenvalue weighted by atomic mass is 35.5. The number of nitrogens with one attached hydrogen (secondary N) is 2. The van der Waals surface area contributed by atoms with E-state index in [0.717, 1.165) is 19.4 Å². The van der Waals surface area contributed by atoms with Crippen LogP contribution in [0.25, 0.3) is 0 Å². The van der Waals surface area contributed by atoms with Crippen molar-refractivity contribution in [2.24, 2.45) is 5.92 Å². The standard InChI is InChI=1S/C14H17ClN2O4/c15-10-3-4-12(11(6-10)13(18)19)17-14(20)16-7-9-2-1-5-21-8-9/h3-4,6,9H,1-2,5,7-8H2,(H,18,19)(H2,16,17,20). The average Bonchev–Trinajstić information content (AvgIpc) is 2.48. The van der Waals surface area contributed by atoms with Crippen LogP contribution in [0.5, 0.6) is 0 Å². The molecule has 1 aromatic carbocycles. The number of rotatable bonds is 4. The SMILES string of the molecule is O=C(NCC1CCCOC1)Nc1ccc(Cl)cc1C(=O)O. The van der Waals surface area contributed by atoms with Crippen LogP contribution in [0.3, 0.4) is 0 Å². The molecule has 0 radical (unpaired) electrons. The van der Waals surface area contributed by atoms with Gasteiger partial charge in [-0.15, -0.1) is 0 Å². The van der Waals surface area contributed by atoms with Crippen molar-refractivity contribution in [2.75, 3.05) is 25.1 Å². The van der Waals surface area contributed by atoms with Gasteiger partial charge in [-0.05, 0) is 37.0 Å². The highest BCUT2D eigenvalue weighted by molar-refractivity contribution is 6.31. The molecule has 0 saturated carbocycles. The molecule has 0 aliphatic carbocycles. The number of carbonyl (C=O) groups is 2. The number of urea groups is 1. The van der Waals surface area contributed by atoms with Gasteiger partial charge in [0.05, 0.1) is 17.9 Å². The number of carboxylic acid groups (broad SMARTS) is 1. The lowest BCUT2D eigenvalue weighted by Gasteiger charge is -2.22. The van der Waals surface area contributed by atoms with Crippen molar-refractivity contribution in [3.63, 3.8) is 0 Å². The molecule has 0 bridgehead atoms. The first-order valence-corrected chi connectivity index (χ1v) is 7.09. The van der Waals surface area contributed by atoms with Gasteiger partial charge in [-0.1, -0.05) is 11.6 Å². The molecule has 1 unspecified atom stereocenters. The topological polar surface area (TPSA) is 87.7 Å². The third-order valence-corrected chi connectivity index (χ3v) is 3.50. The fourth-order valence-electron chi connectivity index (χ4n) is 2.17. The molecular weight excluding hydrogens is 296 g/mol. The lowest BCUT2D eigenvalue weighted by atomic mass is 10.0. The van der Waals surface area contributed by atoms with Crippen LogP contribution in [0, 0.1) is 5.92 Å². The molecule has 3 N–H and O–H groups in total. The van der Waals surface area contributed by atoms with E-state index in [9.17, 15) is 9.59 Å². The third-order valence-electron chi connectivity index (χ3n) is 3.27. The highest BCUT2D eigenvalue weighted by Crippen LogP contribution is 2.20. The molecular formula is C14H17ClN2O4. The van der Waals surface area contributed by atoms with E-state index in [4.69, 9.17) is 21.4 Å². The largest absolute Gasteiger partial charge is 0.478 e. The Balaban J connectivity index is 1.91. The Bertz CT molecular complexity index is 530. The van der Waals surface area contributed by atoms with Crippen LogP contribution in [0.4, 0.5) is 10.5 Å². The number of amides is 2. The summed E-state index contributed by atoms with van der Waals surface area (Å²) in [6.07, 6.45) is 2.01. The minimum Gasteiger partial charge on any atom is -0.478 e. The van der Waals surface area contributed by atoms with Crippen LogP contribution in [-0.4, -0.2) is 36.9 Å². The first-order valence-electron chi connectivity index (χ1n) is 6.71. The summed E-state index contributed by atoms with van der Waals surface area (Å²) in [5.74, 6) is -0.845. The molecule has 1 fully saturated rings. The number of carbonyl (C=O) groups excluding carboxylic acids is 1. The Kier molecular flexibility index (Phi) is 5.41. The summed E-state index contributed by atoms with van der Waals surface area (Å²) in [6.45, 7) is 1.92. The smallest absolute Gasteiger partial charge is 0.337 e. The van der Waals surface area contributed by atoms with Crippen LogP contribution < -0.4 is 10.6 Å². The molecule has 2 rings (SSSR count). The van der Waals surface area contributed by atoms with Gasteiger partial charge in [-0.25, -0.2) is 9.59 Å². The number of aromatic carboxylic acids is 1. The normalized spacial score (nSPS) is 18.0. The quantitative estimate of drug-likeness (QED) is 0.797. The fraction of sp³-hybridized carbons (Fsp3) is 0.429.